The van der Waals surface area contributed by atoms with E-state index in [0.717, 1.165) is 16.7 Å². The van der Waals surface area contributed by atoms with Crippen molar-refractivity contribution in [2.75, 3.05) is 19.0 Å². The zero-order valence-electron chi connectivity index (χ0n) is 15.2. The first-order chi connectivity index (χ1) is 13.9. The van der Waals surface area contributed by atoms with Crippen molar-refractivity contribution in [3.8, 4) is 5.75 Å². The van der Waals surface area contributed by atoms with Crippen molar-refractivity contribution in [1.29, 1.82) is 0 Å². The van der Waals surface area contributed by atoms with Gasteiger partial charge >= 0.3 is 5.97 Å². The van der Waals surface area contributed by atoms with Gasteiger partial charge in [-0.2, -0.15) is 0 Å². The van der Waals surface area contributed by atoms with Crippen LogP contribution in [0, 0.1) is 0 Å². The standard InChI is InChI=1S/C20H16N2O6S/c1-28-13-8-6-12(7-9-13)10-16-18(24)22(20(27)29-16)11-17(23)21-15-5-3-2-4-14(15)19(25)26/h2-10H,11H2,1H3,(H,21,23)(H,25,26)/b16-10-. The summed E-state index contributed by atoms with van der Waals surface area (Å²) in [7, 11) is 1.54. The lowest BCUT2D eigenvalue weighted by Crippen LogP contribution is -2.36. The summed E-state index contributed by atoms with van der Waals surface area (Å²) in [6, 6.07) is 12.8. The minimum absolute atomic E-state index is 0.0885. The predicted octanol–water partition coefficient (Wildman–Crippen LogP) is 3.07. The van der Waals surface area contributed by atoms with Crippen LogP contribution in [0.4, 0.5) is 10.5 Å². The summed E-state index contributed by atoms with van der Waals surface area (Å²) in [5.74, 6) is -1.80. The molecule has 2 aromatic rings. The number of methoxy groups -OCH3 is 1. The van der Waals surface area contributed by atoms with E-state index in [-0.39, 0.29) is 16.2 Å². The molecule has 0 aromatic heterocycles. The number of thioether (sulfide) groups is 1. The Balaban J connectivity index is 1.70. The number of carboxylic acids is 1. The molecule has 2 aromatic carbocycles. The number of para-hydroxylation sites is 1. The first-order valence-electron chi connectivity index (χ1n) is 8.40. The molecule has 148 valence electrons. The van der Waals surface area contributed by atoms with Crippen LogP contribution in [0.5, 0.6) is 5.75 Å². The van der Waals surface area contributed by atoms with Crippen LogP contribution in [0.25, 0.3) is 6.08 Å². The molecule has 0 spiro atoms. The molecule has 9 heteroatoms. The second kappa shape index (κ2) is 8.61. The molecule has 29 heavy (non-hydrogen) atoms. The van der Waals surface area contributed by atoms with Gasteiger partial charge < -0.3 is 15.2 Å². The van der Waals surface area contributed by atoms with Crippen molar-refractivity contribution in [1.82, 2.24) is 4.90 Å². The quantitative estimate of drug-likeness (QED) is 0.701. The highest BCUT2D eigenvalue weighted by molar-refractivity contribution is 8.18. The molecule has 1 heterocycles. The van der Waals surface area contributed by atoms with E-state index in [1.165, 1.54) is 18.2 Å². The van der Waals surface area contributed by atoms with Crippen molar-refractivity contribution in [2.24, 2.45) is 0 Å². The van der Waals surface area contributed by atoms with E-state index in [0.29, 0.717) is 11.3 Å². The summed E-state index contributed by atoms with van der Waals surface area (Å²) >= 11 is 0.736. The maximum Gasteiger partial charge on any atom is 0.337 e. The fourth-order valence-electron chi connectivity index (χ4n) is 2.60. The van der Waals surface area contributed by atoms with Gasteiger partial charge in [-0.25, -0.2) is 4.79 Å². The third kappa shape index (κ3) is 4.64. The van der Waals surface area contributed by atoms with Crippen molar-refractivity contribution < 1.29 is 29.0 Å². The molecular weight excluding hydrogens is 396 g/mol. The summed E-state index contributed by atoms with van der Waals surface area (Å²) in [5.41, 5.74) is 0.705. The van der Waals surface area contributed by atoms with Crippen LogP contribution in [-0.2, 0) is 9.59 Å². The second-order valence-electron chi connectivity index (χ2n) is 5.94. The van der Waals surface area contributed by atoms with Crippen LogP contribution in [0.15, 0.2) is 53.4 Å². The topological polar surface area (TPSA) is 113 Å². The third-order valence-electron chi connectivity index (χ3n) is 4.02. The van der Waals surface area contributed by atoms with Crippen LogP contribution >= 0.6 is 11.8 Å². The lowest BCUT2D eigenvalue weighted by molar-refractivity contribution is -0.127. The van der Waals surface area contributed by atoms with Crippen LogP contribution in [-0.4, -0.2) is 46.7 Å². The zero-order chi connectivity index (χ0) is 21.0. The molecular formula is C20H16N2O6S. The number of nitrogens with one attached hydrogen (secondary N) is 1. The minimum atomic E-state index is -1.20. The van der Waals surface area contributed by atoms with E-state index < -0.39 is 29.6 Å². The van der Waals surface area contributed by atoms with E-state index in [2.05, 4.69) is 5.32 Å². The fraction of sp³-hybridized carbons (Fsp3) is 0.100. The maximum atomic E-state index is 12.5. The Morgan fingerprint density at radius 1 is 1.14 bits per heavy atom. The number of hydrogen-bond donors (Lipinski definition) is 2. The van der Waals surface area contributed by atoms with E-state index >= 15 is 0 Å². The van der Waals surface area contributed by atoms with Crippen LogP contribution in [0.2, 0.25) is 0 Å². The molecule has 0 atom stereocenters. The van der Waals surface area contributed by atoms with Crippen LogP contribution in [0.1, 0.15) is 15.9 Å². The molecule has 1 fully saturated rings. The van der Waals surface area contributed by atoms with Crippen molar-refractivity contribution >= 4 is 46.5 Å². The minimum Gasteiger partial charge on any atom is -0.497 e. The molecule has 1 aliphatic rings. The number of benzene rings is 2. The summed E-state index contributed by atoms with van der Waals surface area (Å²) in [6.45, 7) is -0.515. The van der Waals surface area contributed by atoms with Crippen molar-refractivity contribution in [3.05, 3.63) is 64.6 Å². The molecule has 0 saturated carbocycles. The highest BCUT2D eigenvalue weighted by Crippen LogP contribution is 2.32. The van der Waals surface area contributed by atoms with Gasteiger partial charge in [-0.1, -0.05) is 24.3 Å². The number of ether oxygens (including phenoxy) is 1. The number of imide groups is 1. The smallest absolute Gasteiger partial charge is 0.337 e. The van der Waals surface area contributed by atoms with Crippen LogP contribution < -0.4 is 10.1 Å². The monoisotopic (exact) mass is 412 g/mol. The number of nitrogens with zero attached hydrogens (tertiary/aromatic N) is 1. The summed E-state index contributed by atoms with van der Waals surface area (Å²) in [5, 5.41) is 11.0. The first-order valence-corrected chi connectivity index (χ1v) is 9.22. The highest BCUT2D eigenvalue weighted by Gasteiger charge is 2.36. The molecule has 0 radical (unpaired) electrons. The number of carboxylic acid groups (broad SMARTS) is 1. The Hall–Kier alpha value is -3.59. The van der Waals surface area contributed by atoms with Crippen molar-refractivity contribution in [2.45, 2.75) is 0 Å². The van der Waals surface area contributed by atoms with Crippen molar-refractivity contribution in [3.63, 3.8) is 0 Å². The number of anilines is 1. The van der Waals surface area contributed by atoms with Gasteiger partial charge in [0.05, 0.1) is 23.3 Å². The van der Waals surface area contributed by atoms with E-state index in [4.69, 9.17) is 9.84 Å². The average molecular weight is 412 g/mol. The molecule has 8 nitrogen and oxygen atoms in total. The van der Waals surface area contributed by atoms with Gasteiger partial charge in [-0.3, -0.25) is 19.3 Å². The van der Waals surface area contributed by atoms with E-state index in [1.54, 1.807) is 43.5 Å². The number of carbonyl (C=O) groups excluding carboxylic acids is 3. The summed E-state index contributed by atoms with van der Waals surface area (Å²) < 4.78 is 5.07. The van der Waals surface area contributed by atoms with Gasteiger partial charge in [0.2, 0.25) is 5.91 Å². The lowest BCUT2D eigenvalue weighted by Gasteiger charge is -2.13. The Morgan fingerprint density at radius 3 is 2.48 bits per heavy atom. The van der Waals surface area contributed by atoms with Gasteiger partial charge in [-0.05, 0) is 47.7 Å². The lowest BCUT2D eigenvalue weighted by atomic mass is 10.2. The van der Waals surface area contributed by atoms with E-state index in [1.807, 2.05) is 0 Å². The average Bonchev–Trinajstić information content (AvgIpc) is 2.96. The summed E-state index contributed by atoms with van der Waals surface area (Å²) in [6.07, 6.45) is 1.56. The largest absolute Gasteiger partial charge is 0.497 e. The van der Waals surface area contributed by atoms with Gasteiger partial charge in [0.15, 0.2) is 0 Å². The maximum absolute atomic E-state index is 12.5. The van der Waals surface area contributed by atoms with Gasteiger partial charge in [0.1, 0.15) is 12.3 Å². The van der Waals surface area contributed by atoms with Gasteiger partial charge in [-0.15, -0.1) is 0 Å². The summed E-state index contributed by atoms with van der Waals surface area (Å²) in [4.78, 5) is 49.2. The Labute approximate surface area is 170 Å². The molecule has 0 aliphatic carbocycles. The van der Waals surface area contributed by atoms with Gasteiger partial charge in [0.25, 0.3) is 11.1 Å². The Kier molecular flexibility index (Phi) is 5.99. The Morgan fingerprint density at radius 2 is 1.83 bits per heavy atom. The van der Waals surface area contributed by atoms with Gasteiger partial charge in [0, 0.05) is 0 Å². The number of aromatic carboxylic acids is 1. The second-order valence-corrected chi connectivity index (χ2v) is 6.93. The normalized spacial score (nSPS) is 14.9. The number of rotatable bonds is 6. The van der Waals surface area contributed by atoms with Crippen LogP contribution in [0.3, 0.4) is 0 Å². The SMILES string of the molecule is COc1ccc(/C=C2\SC(=O)N(CC(=O)Nc3ccccc3C(=O)O)C2=O)cc1. The zero-order valence-corrected chi connectivity index (χ0v) is 16.1. The third-order valence-corrected chi connectivity index (χ3v) is 4.93. The van der Waals surface area contributed by atoms with E-state index in [9.17, 15) is 19.2 Å². The molecule has 2 N–H and O–H groups in total. The molecule has 3 rings (SSSR count). The number of amides is 3. The molecule has 3 amide bonds. The molecule has 0 unspecified atom stereocenters. The predicted molar refractivity (Wildman–Crippen MR) is 108 cm³/mol. The highest BCUT2D eigenvalue weighted by atomic mass is 32.2. The molecule has 1 saturated heterocycles. The Bertz CT molecular complexity index is 1020. The molecule has 0 bridgehead atoms. The number of carbonyl (C=O) groups is 4. The number of hydrogen-bond acceptors (Lipinski definition) is 6. The molecule has 1 aliphatic heterocycles. The first kappa shape index (κ1) is 20.2. The fourth-order valence-corrected chi connectivity index (χ4v) is 3.44.